The molecule has 18 heavy (non-hydrogen) atoms. The fraction of sp³-hybridized carbons (Fsp3) is 0. The van der Waals surface area contributed by atoms with E-state index < -0.39 is 5.91 Å². The second-order valence-electron chi connectivity index (χ2n) is 3.62. The third kappa shape index (κ3) is 2.42. The summed E-state index contributed by atoms with van der Waals surface area (Å²) in [5, 5.41) is 0.398. The highest BCUT2D eigenvalue weighted by Crippen LogP contribution is 2.28. The minimum absolute atomic E-state index is 0.340. The van der Waals surface area contributed by atoms with E-state index in [1.807, 2.05) is 0 Å². The molecule has 0 saturated carbocycles. The quantitative estimate of drug-likeness (QED) is 0.673. The highest BCUT2D eigenvalue weighted by atomic mass is 35.5. The Morgan fingerprint density at radius 2 is 1.67 bits per heavy atom. The Labute approximate surface area is 115 Å². The number of para-hydroxylation sites is 2. The van der Waals surface area contributed by atoms with Crippen LogP contribution in [0.15, 0.2) is 48.5 Å². The Hall–Kier alpha value is -1.71. The van der Waals surface area contributed by atoms with E-state index in [0.717, 1.165) is 4.42 Å². The van der Waals surface area contributed by atoms with Gasteiger partial charge in [-0.2, -0.15) is 0 Å². The Morgan fingerprint density at radius 1 is 1.06 bits per heavy atom. The summed E-state index contributed by atoms with van der Waals surface area (Å²) in [4.78, 5) is 12.2. The number of hydrogen-bond donors (Lipinski definition) is 1. The lowest BCUT2D eigenvalue weighted by Gasteiger charge is -2.16. The van der Waals surface area contributed by atoms with Crippen molar-refractivity contribution in [2.45, 2.75) is 0 Å². The molecule has 0 fully saturated rings. The number of nitrogens with zero attached hydrogens (tertiary/aromatic N) is 1. The van der Waals surface area contributed by atoms with Crippen molar-refractivity contribution < 1.29 is 4.79 Å². The van der Waals surface area contributed by atoms with Gasteiger partial charge in [-0.3, -0.25) is 4.79 Å². The summed E-state index contributed by atoms with van der Waals surface area (Å²) >= 11 is 12.0. The molecule has 0 heterocycles. The van der Waals surface area contributed by atoms with E-state index in [1.165, 1.54) is 0 Å². The van der Waals surface area contributed by atoms with Crippen LogP contribution in [-0.4, -0.2) is 5.91 Å². The van der Waals surface area contributed by atoms with Crippen molar-refractivity contribution in [3.63, 3.8) is 0 Å². The summed E-state index contributed by atoms with van der Waals surface area (Å²) in [5.41, 5.74) is 6.88. The number of carbonyl (C=O) groups is 1. The molecule has 0 saturated heterocycles. The Bertz CT molecular complexity index is 587. The molecule has 5 heteroatoms. The average Bonchev–Trinajstić information content (AvgIpc) is 2.38. The van der Waals surface area contributed by atoms with E-state index >= 15 is 0 Å². The van der Waals surface area contributed by atoms with Gasteiger partial charge in [0.2, 0.25) is 0 Å². The molecule has 0 aliphatic heterocycles. The molecule has 0 aromatic heterocycles. The van der Waals surface area contributed by atoms with Crippen LogP contribution in [0.4, 0.5) is 11.4 Å². The van der Waals surface area contributed by atoms with Crippen LogP contribution in [0.1, 0.15) is 10.4 Å². The van der Waals surface area contributed by atoms with Gasteiger partial charge in [-0.1, -0.05) is 35.9 Å². The Balaban J connectivity index is 2.36. The summed E-state index contributed by atoms with van der Waals surface area (Å²) in [7, 11) is 0. The number of benzene rings is 2. The molecule has 0 aliphatic carbocycles. The zero-order chi connectivity index (χ0) is 13.1. The summed E-state index contributed by atoms with van der Waals surface area (Å²) in [6.07, 6.45) is 0. The lowest BCUT2D eigenvalue weighted by molar-refractivity contribution is 0.101. The molecular formula is C13H10Cl2N2O. The maximum Gasteiger partial charge on any atom is 0.275 e. The number of amides is 1. The van der Waals surface area contributed by atoms with Crippen LogP contribution in [0, 0.1) is 0 Å². The average molecular weight is 281 g/mol. The van der Waals surface area contributed by atoms with E-state index in [2.05, 4.69) is 0 Å². The molecule has 2 rings (SSSR count). The van der Waals surface area contributed by atoms with Gasteiger partial charge in [0.25, 0.3) is 5.91 Å². The first kappa shape index (κ1) is 12.7. The van der Waals surface area contributed by atoms with Crippen LogP contribution in [0.25, 0.3) is 0 Å². The number of halogens is 2. The van der Waals surface area contributed by atoms with Crippen molar-refractivity contribution in [2.75, 3.05) is 10.2 Å². The molecule has 0 radical (unpaired) electrons. The maximum atomic E-state index is 12.2. The number of nitrogens with two attached hydrogens (primary N) is 1. The minimum atomic E-state index is -0.414. The summed E-state index contributed by atoms with van der Waals surface area (Å²) in [6.45, 7) is 0. The molecule has 1 amide bonds. The van der Waals surface area contributed by atoms with Gasteiger partial charge < -0.3 is 5.73 Å². The molecule has 3 nitrogen and oxygen atoms in total. The van der Waals surface area contributed by atoms with Crippen LogP contribution >= 0.6 is 23.4 Å². The molecule has 92 valence electrons. The molecule has 0 aliphatic rings. The second-order valence-corrected chi connectivity index (χ2v) is 4.37. The van der Waals surface area contributed by atoms with Gasteiger partial charge in [0, 0.05) is 17.5 Å². The summed E-state index contributed by atoms with van der Waals surface area (Å²) in [5.74, 6) is -0.414. The van der Waals surface area contributed by atoms with Crippen LogP contribution in [-0.2, 0) is 0 Å². The maximum absolute atomic E-state index is 12.2. The third-order valence-corrected chi connectivity index (χ3v) is 3.09. The molecule has 0 spiro atoms. The number of nitrogen functional groups attached to an aromatic ring is 1. The minimum Gasteiger partial charge on any atom is -0.398 e. The monoisotopic (exact) mass is 280 g/mol. The highest BCUT2D eigenvalue weighted by molar-refractivity contribution is 6.43. The fourth-order valence-electron chi connectivity index (χ4n) is 1.52. The lowest BCUT2D eigenvalue weighted by atomic mass is 10.1. The number of carbonyl (C=O) groups excluding carboxylic acids is 1. The van der Waals surface area contributed by atoms with Crippen molar-refractivity contribution in [1.29, 1.82) is 0 Å². The first-order valence-corrected chi connectivity index (χ1v) is 5.92. The van der Waals surface area contributed by atoms with E-state index in [-0.39, 0.29) is 0 Å². The Morgan fingerprint density at radius 3 is 2.33 bits per heavy atom. The van der Waals surface area contributed by atoms with Gasteiger partial charge >= 0.3 is 0 Å². The van der Waals surface area contributed by atoms with Crippen molar-refractivity contribution in [3.05, 3.63) is 59.1 Å². The van der Waals surface area contributed by atoms with Gasteiger partial charge in [-0.15, -0.1) is 0 Å². The van der Waals surface area contributed by atoms with Crippen LogP contribution in [0.3, 0.4) is 0 Å². The van der Waals surface area contributed by atoms with E-state index in [9.17, 15) is 4.79 Å². The van der Waals surface area contributed by atoms with Gasteiger partial charge in [-0.25, -0.2) is 4.42 Å². The largest absolute Gasteiger partial charge is 0.398 e. The number of hydrogen-bond acceptors (Lipinski definition) is 2. The molecule has 2 aromatic rings. The summed E-state index contributed by atoms with van der Waals surface area (Å²) in [6, 6.07) is 13.6. The van der Waals surface area contributed by atoms with Crippen molar-refractivity contribution >= 4 is 40.7 Å². The zero-order valence-corrected chi connectivity index (χ0v) is 10.8. The smallest absolute Gasteiger partial charge is 0.275 e. The van der Waals surface area contributed by atoms with Crippen LogP contribution < -0.4 is 10.2 Å². The first-order chi connectivity index (χ1) is 8.61. The van der Waals surface area contributed by atoms with E-state index in [1.54, 1.807) is 48.5 Å². The molecule has 2 aromatic carbocycles. The predicted octanol–water partition coefficient (Wildman–Crippen LogP) is 3.72. The SMILES string of the molecule is Nc1ccccc1C(=O)N(Cl)c1ccccc1Cl. The predicted molar refractivity (Wildman–Crippen MR) is 75.0 cm³/mol. The number of anilines is 2. The molecule has 0 atom stereocenters. The van der Waals surface area contributed by atoms with Crippen molar-refractivity contribution in [1.82, 2.24) is 0 Å². The lowest BCUT2D eigenvalue weighted by Crippen LogP contribution is -2.22. The topological polar surface area (TPSA) is 46.3 Å². The van der Waals surface area contributed by atoms with Crippen molar-refractivity contribution in [2.24, 2.45) is 0 Å². The van der Waals surface area contributed by atoms with Crippen molar-refractivity contribution in [3.8, 4) is 0 Å². The highest BCUT2D eigenvalue weighted by Gasteiger charge is 2.19. The second kappa shape index (κ2) is 5.29. The van der Waals surface area contributed by atoms with Crippen LogP contribution in [0.5, 0.6) is 0 Å². The normalized spacial score (nSPS) is 10.1. The standard InChI is InChI=1S/C13H10Cl2N2O/c14-10-6-2-4-8-12(10)17(15)13(18)9-5-1-3-7-11(9)16/h1-8H,16H2. The third-order valence-electron chi connectivity index (χ3n) is 2.43. The van der Waals surface area contributed by atoms with Gasteiger partial charge in [-0.05, 0) is 24.3 Å². The zero-order valence-electron chi connectivity index (χ0n) is 9.31. The fourth-order valence-corrected chi connectivity index (χ4v) is 2.02. The van der Waals surface area contributed by atoms with Gasteiger partial charge in [0.05, 0.1) is 16.3 Å². The molecule has 0 unspecified atom stereocenters. The van der Waals surface area contributed by atoms with E-state index in [0.29, 0.717) is 22.0 Å². The van der Waals surface area contributed by atoms with Gasteiger partial charge in [0.15, 0.2) is 0 Å². The number of rotatable bonds is 2. The first-order valence-electron chi connectivity index (χ1n) is 5.20. The van der Waals surface area contributed by atoms with E-state index in [4.69, 9.17) is 29.1 Å². The molecule has 2 N–H and O–H groups in total. The summed E-state index contributed by atoms with van der Waals surface area (Å²) < 4.78 is 0.966. The van der Waals surface area contributed by atoms with Gasteiger partial charge in [0.1, 0.15) is 0 Å². The Kier molecular flexibility index (Phi) is 3.75. The molecular weight excluding hydrogens is 271 g/mol. The van der Waals surface area contributed by atoms with Crippen LogP contribution in [0.2, 0.25) is 5.02 Å². The molecule has 0 bridgehead atoms.